The second kappa shape index (κ2) is 7.75. The molecule has 6 heteroatoms. The van der Waals surface area contributed by atoms with Crippen LogP contribution in [0.4, 0.5) is 0 Å². The summed E-state index contributed by atoms with van der Waals surface area (Å²) in [4.78, 5) is -0.109. The van der Waals surface area contributed by atoms with Gasteiger partial charge in [0.25, 0.3) is 10.1 Å². The van der Waals surface area contributed by atoms with Gasteiger partial charge in [-0.1, -0.05) is 17.9 Å². The van der Waals surface area contributed by atoms with E-state index in [1.54, 1.807) is 6.07 Å². The number of hydrogen-bond acceptors (Lipinski definition) is 4. The highest BCUT2D eigenvalue weighted by Gasteiger charge is 2.13. The van der Waals surface area contributed by atoms with Crippen molar-refractivity contribution in [3.05, 3.63) is 29.3 Å². The third-order valence-corrected chi connectivity index (χ3v) is 4.35. The van der Waals surface area contributed by atoms with Crippen LogP contribution < -0.4 is 0 Å². The van der Waals surface area contributed by atoms with E-state index in [4.69, 9.17) is 14.0 Å². The summed E-state index contributed by atoms with van der Waals surface area (Å²) in [6.45, 7) is 2.90. The standard InChI is InChI=1S/C16H20O5S/c1-13-8-9-15(22(17,18)19)12-14(13)6-2-4-10-20-16-7-3-5-11-21-16/h8-9,12,16H,3,5-7,10-11H2,1H3,(H,17,18,19). The molecule has 1 fully saturated rings. The zero-order valence-electron chi connectivity index (χ0n) is 12.5. The van der Waals surface area contributed by atoms with Crippen molar-refractivity contribution < 1.29 is 22.4 Å². The topological polar surface area (TPSA) is 72.8 Å². The van der Waals surface area contributed by atoms with Crippen LogP contribution in [0.2, 0.25) is 0 Å². The summed E-state index contributed by atoms with van der Waals surface area (Å²) in [5.74, 6) is 5.86. The van der Waals surface area contributed by atoms with Gasteiger partial charge in [-0.3, -0.25) is 4.55 Å². The summed E-state index contributed by atoms with van der Waals surface area (Å²) < 4.78 is 42.3. The monoisotopic (exact) mass is 324 g/mol. The molecule has 120 valence electrons. The van der Waals surface area contributed by atoms with Crippen LogP contribution in [0, 0.1) is 18.8 Å². The quantitative estimate of drug-likeness (QED) is 0.680. The third kappa shape index (κ3) is 5.11. The lowest BCUT2D eigenvalue weighted by atomic mass is 10.1. The predicted octanol–water partition coefficient (Wildman–Crippen LogP) is 2.33. The normalized spacial score (nSPS) is 18.5. The zero-order chi connectivity index (χ0) is 16.0. The maximum absolute atomic E-state index is 11.1. The van der Waals surface area contributed by atoms with Crippen LogP contribution in [0.15, 0.2) is 23.1 Å². The zero-order valence-corrected chi connectivity index (χ0v) is 13.4. The van der Waals surface area contributed by atoms with Gasteiger partial charge in [-0.2, -0.15) is 8.42 Å². The summed E-state index contributed by atoms with van der Waals surface area (Å²) in [6, 6.07) is 4.49. The van der Waals surface area contributed by atoms with Gasteiger partial charge in [0, 0.05) is 13.0 Å². The molecule has 0 bridgehead atoms. The number of rotatable bonds is 4. The molecule has 0 radical (unpaired) electrons. The molecule has 1 aliphatic rings. The Morgan fingerprint density at radius 1 is 1.36 bits per heavy atom. The SMILES string of the molecule is Cc1ccc(S(=O)(=O)O)cc1CC#CCOC1CCCCO1. The van der Waals surface area contributed by atoms with Crippen LogP contribution in [-0.4, -0.2) is 32.5 Å². The van der Waals surface area contributed by atoms with Gasteiger partial charge in [-0.05, 0) is 49.4 Å². The van der Waals surface area contributed by atoms with E-state index in [0.29, 0.717) is 13.0 Å². The smallest absolute Gasteiger partial charge is 0.294 e. The molecule has 1 heterocycles. The molecule has 2 rings (SSSR count). The minimum absolute atomic E-state index is 0.109. The Morgan fingerprint density at radius 3 is 2.86 bits per heavy atom. The molecular formula is C16H20O5S. The average molecular weight is 324 g/mol. The summed E-state index contributed by atoms with van der Waals surface area (Å²) in [5.41, 5.74) is 1.70. The molecule has 5 nitrogen and oxygen atoms in total. The van der Waals surface area contributed by atoms with Crippen molar-refractivity contribution in [2.75, 3.05) is 13.2 Å². The minimum atomic E-state index is -4.18. The molecule has 0 spiro atoms. The maximum atomic E-state index is 11.1. The Bertz CT molecular complexity index is 664. The molecular weight excluding hydrogens is 304 g/mol. The highest BCUT2D eigenvalue weighted by molar-refractivity contribution is 7.85. The van der Waals surface area contributed by atoms with E-state index in [2.05, 4.69) is 11.8 Å². The fourth-order valence-electron chi connectivity index (χ4n) is 2.18. The van der Waals surface area contributed by atoms with E-state index in [9.17, 15) is 8.42 Å². The van der Waals surface area contributed by atoms with E-state index in [1.165, 1.54) is 12.1 Å². The van der Waals surface area contributed by atoms with E-state index in [-0.39, 0.29) is 11.2 Å². The summed E-state index contributed by atoms with van der Waals surface area (Å²) >= 11 is 0. The van der Waals surface area contributed by atoms with Crippen molar-refractivity contribution in [1.29, 1.82) is 0 Å². The largest absolute Gasteiger partial charge is 0.353 e. The number of ether oxygens (including phenoxy) is 2. The minimum Gasteiger partial charge on any atom is -0.353 e. The van der Waals surface area contributed by atoms with Crippen LogP contribution in [0.25, 0.3) is 0 Å². The molecule has 0 aromatic heterocycles. The number of benzene rings is 1. The molecule has 1 atom stereocenters. The fraction of sp³-hybridized carbons (Fsp3) is 0.500. The second-order valence-electron chi connectivity index (χ2n) is 5.20. The molecule has 22 heavy (non-hydrogen) atoms. The Labute approximate surface area is 131 Å². The maximum Gasteiger partial charge on any atom is 0.294 e. The predicted molar refractivity (Wildman–Crippen MR) is 82.0 cm³/mol. The molecule has 1 aromatic rings. The second-order valence-corrected chi connectivity index (χ2v) is 6.62. The van der Waals surface area contributed by atoms with Crippen LogP contribution >= 0.6 is 0 Å². The molecule has 1 N–H and O–H groups in total. The Hall–Kier alpha value is -1.39. The molecule has 1 saturated heterocycles. The van der Waals surface area contributed by atoms with E-state index in [1.807, 2.05) is 6.92 Å². The lowest BCUT2D eigenvalue weighted by molar-refractivity contribution is -0.154. The Morgan fingerprint density at radius 2 is 2.18 bits per heavy atom. The molecule has 0 saturated carbocycles. The van der Waals surface area contributed by atoms with Gasteiger partial charge in [-0.25, -0.2) is 0 Å². The van der Waals surface area contributed by atoms with Crippen molar-refractivity contribution in [2.24, 2.45) is 0 Å². The molecule has 0 amide bonds. The Balaban J connectivity index is 1.90. The van der Waals surface area contributed by atoms with Gasteiger partial charge >= 0.3 is 0 Å². The molecule has 1 aromatic carbocycles. The lowest BCUT2D eigenvalue weighted by Crippen LogP contribution is -2.22. The first-order chi connectivity index (χ1) is 10.5. The van der Waals surface area contributed by atoms with Crippen LogP contribution in [0.1, 0.15) is 30.4 Å². The van der Waals surface area contributed by atoms with E-state index < -0.39 is 10.1 Å². The fourth-order valence-corrected chi connectivity index (χ4v) is 2.72. The molecule has 1 aliphatic heterocycles. The molecule has 0 aliphatic carbocycles. The van der Waals surface area contributed by atoms with Crippen molar-refractivity contribution in [1.82, 2.24) is 0 Å². The van der Waals surface area contributed by atoms with Gasteiger partial charge in [0.1, 0.15) is 6.61 Å². The summed E-state index contributed by atoms with van der Waals surface area (Å²) in [7, 11) is -4.18. The lowest BCUT2D eigenvalue weighted by Gasteiger charge is -2.21. The summed E-state index contributed by atoms with van der Waals surface area (Å²) in [6.07, 6.45) is 3.34. The van der Waals surface area contributed by atoms with Crippen molar-refractivity contribution >= 4 is 10.1 Å². The highest BCUT2D eigenvalue weighted by atomic mass is 32.2. The number of hydrogen-bond donors (Lipinski definition) is 1. The van der Waals surface area contributed by atoms with Crippen molar-refractivity contribution in [3.63, 3.8) is 0 Å². The van der Waals surface area contributed by atoms with Crippen molar-refractivity contribution in [2.45, 2.75) is 43.8 Å². The van der Waals surface area contributed by atoms with E-state index in [0.717, 1.165) is 37.0 Å². The van der Waals surface area contributed by atoms with Gasteiger partial charge in [-0.15, -0.1) is 0 Å². The van der Waals surface area contributed by atoms with Crippen molar-refractivity contribution in [3.8, 4) is 11.8 Å². The first-order valence-corrected chi connectivity index (χ1v) is 8.67. The van der Waals surface area contributed by atoms with Gasteiger partial charge in [0.15, 0.2) is 6.29 Å². The van der Waals surface area contributed by atoms with Crippen LogP contribution in [0.5, 0.6) is 0 Å². The number of aryl methyl sites for hydroxylation is 1. The molecule has 1 unspecified atom stereocenters. The summed E-state index contributed by atoms with van der Waals surface area (Å²) in [5, 5.41) is 0. The highest BCUT2D eigenvalue weighted by Crippen LogP contribution is 2.16. The van der Waals surface area contributed by atoms with Gasteiger partial charge in [0.05, 0.1) is 4.90 Å². The first-order valence-electron chi connectivity index (χ1n) is 7.23. The third-order valence-electron chi connectivity index (χ3n) is 3.50. The first kappa shape index (κ1) is 17.0. The van der Waals surface area contributed by atoms with Gasteiger partial charge in [0.2, 0.25) is 0 Å². The van der Waals surface area contributed by atoms with Crippen LogP contribution in [-0.2, 0) is 26.0 Å². The van der Waals surface area contributed by atoms with E-state index >= 15 is 0 Å². The Kier molecular flexibility index (Phi) is 5.98. The van der Waals surface area contributed by atoms with Gasteiger partial charge < -0.3 is 9.47 Å². The van der Waals surface area contributed by atoms with Crippen LogP contribution in [0.3, 0.4) is 0 Å². The average Bonchev–Trinajstić information content (AvgIpc) is 2.48.